The zero-order chi connectivity index (χ0) is 14.0. The van der Waals surface area contributed by atoms with Gasteiger partial charge in [0.1, 0.15) is 5.82 Å². The molecular weight excluding hydrogens is 355 g/mol. The number of carbonyl (C=O) groups is 1. The Morgan fingerprint density at radius 2 is 2.00 bits per heavy atom. The Labute approximate surface area is 125 Å². The molecule has 0 saturated carbocycles. The Balaban J connectivity index is 2.32. The highest BCUT2D eigenvalue weighted by Gasteiger charge is 2.09. The van der Waals surface area contributed by atoms with Crippen LogP contribution in [0.1, 0.15) is 21.6 Å². The Morgan fingerprint density at radius 1 is 1.26 bits per heavy atom. The molecule has 98 valence electrons. The van der Waals surface area contributed by atoms with Gasteiger partial charge in [-0.1, -0.05) is 6.07 Å². The van der Waals surface area contributed by atoms with Crippen LogP contribution in [0.5, 0.6) is 0 Å². The molecule has 2 aromatic rings. The number of pyridine rings is 1. The molecule has 2 N–H and O–H groups in total. The Kier molecular flexibility index (Phi) is 4.04. The maximum atomic E-state index is 10.9. The zero-order valence-corrected chi connectivity index (χ0v) is 12.7. The zero-order valence-electron chi connectivity index (χ0n) is 10.6. The molecular formula is C14H13IN2O2. The fourth-order valence-corrected chi connectivity index (χ4v) is 2.24. The van der Waals surface area contributed by atoms with Gasteiger partial charge in [-0.3, -0.25) is 0 Å². The highest BCUT2D eigenvalue weighted by Crippen LogP contribution is 2.23. The van der Waals surface area contributed by atoms with Gasteiger partial charge in [0, 0.05) is 9.26 Å². The van der Waals surface area contributed by atoms with Crippen LogP contribution in [-0.2, 0) is 0 Å². The van der Waals surface area contributed by atoms with Crippen molar-refractivity contribution >= 4 is 40.1 Å². The largest absolute Gasteiger partial charge is 0.478 e. The number of aromatic nitrogens is 1. The predicted molar refractivity (Wildman–Crippen MR) is 83.1 cm³/mol. The number of carboxylic acids is 1. The summed E-state index contributed by atoms with van der Waals surface area (Å²) in [5.41, 5.74) is 2.84. The first-order chi connectivity index (χ1) is 8.99. The van der Waals surface area contributed by atoms with E-state index in [-0.39, 0.29) is 5.56 Å². The molecule has 0 bridgehead atoms. The molecule has 0 radical (unpaired) electrons. The lowest BCUT2D eigenvalue weighted by Crippen LogP contribution is -2.04. The number of nitrogens with one attached hydrogen (secondary N) is 1. The third kappa shape index (κ3) is 3.04. The van der Waals surface area contributed by atoms with Crippen LogP contribution in [0, 0.1) is 17.4 Å². The number of aryl methyl sites for hydroxylation is 1. The number of benzene rings is 1. The molecule has 0 aliphatic rings. The van der Waals surface area contributed by atoms with E-state index in [1.807, 2.05) is 25.1 Å². The minimum Gasteiger partial charge on any atom is -0.478 e. The summed E-state index contributed by atoms with van der Waals surface area (Å²) < 4.78 is 1.17. The van der Waals surface area contributed by atoms with Gasteiger partial charge in [0.2, 0.25) is 0 Å². The van der Waals surface area contributed by atoms with Crippen LogP contribution < -0.4 is 5.32 Å². The van der Waals surface area contributed by atoms with Crippen molar-refractivity contribution in [3.8, 4) is 0 Å². The molecule has 19 heavy (non-hydrogen) atoms. The van der Waals surface area contributed by atoms with Gasteiger partial charge in [0.15, 0.2) is 0 Å². The van der Waals surface area contributed by atoms with Gasteiger partial charge in [-0.05, 0) is 66.3 Å². The number of rotatable bonds is 3. The number of carboxylic acid groups (broad SMARTS) is 1. The molecule has 0 saturated heterocycles. The number of hydrogen-bond donors (Lipinski definition) is 2. The van der Waals surface area contributed by atoms with Gasteiger partial charge in [0.05, 0.1) is 11.3 Å². The fourth-order valence-electron chi connectivity index (χ4n) is 1.74. The first-order valence-corrected chi connectivity index (χ1v) is 6.80. The SMILES string of the molecule is Cc1nc(Nc2cccc(I)c2C)ccc1C(=O)O. The fraction of sp³-hybridized carbons (Fsp3) is 0.143. The van der Waals surface area contributed by atoms with Crippen LogP contribution in [0.25, 0.3) is 0 Å². The van der Waals surface area contributed by atoms with Gasteiger partial charge >= 0.3 is 5.97 Å². The van der Waals surface area contributed by atoms with Gasteiger partial charge in [-0.2, -0.15) is 0 Å². The smallest absolute Gasteiger partial charge is 0.337 e. The van der Waals surface area contributed by atoms with Gasteiger partial charge in [-0.25, -0.2) is 9.78 Å². The summed E-state index contributed by atoms with van der Waals surface area (Å²) >= 11 is 2.28. The monoisotopic (exact) mass is 368 g/mol. The molecule has 1 aromatic carbocycles. The van der Waals surface area contributed by atoms with E-state index in [1.54, 1.807) is 19.1 Å². The summed E-state index contributed by atoms with van der Waals surface area (Å²) in [5.74, 6) is -0.311. The van der Waals surface area contributed by atoms with Crippen molar-refractivity contribution in [2.45, 2.75) is 13.8 Å². The highest BCUT2D eigenvalue weighted by atomic mass is 127. The minimum absolute atomic E-state index is 0.227. The Bertz CT molecular complexity index is 641. The molecule has 1 aromatic heterocycles. The van der Waals surface area contributed by atoms with Gasteiger partial charge in [-0.15, -0.1) is 0 Å². The quantitative estimate of drug-likeness (QED) is 0.811. The van der Waals surface area contributed by atoms with Crippen LogP contribution in [-0.4, -0.2) is 16.1 Å². The summed E-state index contributed by atoms with van der Waals surface area (Å²) in [6, 6.07) is 9.22. The van der Waals surface area contributed by atoms with E-state index in [1.165, 1.54) is 3.57 Å². The summed E-state index contributed by atoms with van der Waals surface area (Å²) in [6.07, 6.45) is 0. The van der Waals surface area contributed by atoms with Crippen LogP contribution >= 0.6 is 22.6 Å². The molecule has 1 heterocycles. The van der Waals surface area contributed by atoms with Crippen LogP contribution in [0.3, 0.4) is 0 Å². The third-order valence-electron chi connectivity index (χ3n) is 2.85. The normalized spacial score (nSPS) is 10.3. The maximum Gasteiger partial charge on any atom is 0.337 e. The van der Waals surface area contributed by atoms with E-state index in [0.29, 0.717) is 11.5 Å². The van der Waals surface area contributed by atoms with Crippen molar-refractivity contribution in [1.29, 1.82) is 0 Å². The molecule has 4 nitrogen and oxygen atoms in total. The maximum absolute atomic E-state index is 10.9. The van der Waals surface area contributed by atoms with Crippen LogP contribution in [0.15, 0.2) is 30.3 Å². The van der Waals surface area contributed by atoms with Crippen LogP contribution in [0.2, 0.25) is 0 Å². The first kappa shape index (κ1) is 13.8. The number of halogens is 1. The molecule has 0 fully saturated rings. The Morgan fingerprint density at radius 3 is 2.63 bits per heavy atom. The molecule has 5 heteroatoms. The average Bonchev–Trinajstić information content (AvgIpc) is 2.34. The molecule has 2 rings (SSSR count). The lowest BCUT2D eigenvalue weighted by Gasteiger charge is -2.11. The third-order valence-corrected chi connectivity index (χ3v) is 4.02. The van der Waals surface area contributed by atoms with E-state index in [4.69, 9.17) is 5.11 Å². The van der Waals surface area contributed by atoms with E-state index in [2.05, 4.69) is 32.9 Å². The molecule has 0 unspecified atom stereocenters. The minimum atomic E-state index is -0.956. The highest BCUT2D eigenvalue weighted by molar-refractivity contribution is 14.1. The number of anilines is 2. The molecule has 0 atom stereocenters. The summed E-state index contributed by atoms with van der Waals surface area (Å²) in [5, 5.41) is 12.2. The first-order valence-electron chi connectivity index (χ1n) is 5.72. The number of aromatic carboxylic acids is 1. The van der Waals surface area contributed by atoms with Crippen molar-refractivity contribution in [1.82, 2.24) is 4.98 Å². The second kappa shape index (κ2) is 5.56. The van der Waals surface area contributed by atoms with Crippen molar-refractivity contribution in [2.75, 3.05) is 5.32 Å². The molecule has 0 amide bonds. The number of hydrogen-bond acceptors (Lipinski definition) is 3. The van der Waals surface area contributed by atoms with E-state index < -0.39 is 5.97 Å². The summed E-state index contributed by atoms with van der Waals surface area (Å²) in [6.45, 7) is 3.72. The van der Waals surface area contributed by atoms with E-state index >= 15 is 0 Å². The topological polar surface area (TPSA) is 62.2 Å². The second-order valence-corrected chi connectivity index (χ2v) is 5.33. The Hall–Kier alpha value is -1.63. The number of nitrogens with zero attached hydrogens (tertiary/aromatic N) is 1. The molecule has 0 spiro atoms. The lowest BCUT2D eigenvalue weighted by atomic mass is 10.2. The summed E-state index contributed by atoms with van der Waals surface area (Å²) in [4.78, 5) is 15.2. The van der Waals surface area contributed by atoms with Gasteiger partial charge < -0.3 is 10.4 Å². The predicted octanol–water partition coefficient (Wildman–Crippen LogP) is 3.74. The van der Waals surface area contributed by atoms with E-state index in [9.17, 15) is 4.79 Å². The van der Waals surface area contributed by atoms with Crippen LogP contribution in [0.4, 0.5) is 11.5 Å². The van der Waals surface area contributed by atoms with Crippen molar-refractivity contribution in [3.05, 3.63) is 50.7 Å². The average molecular weight is 368 g/mol. The second-order valence-electron chi connectivity index (χ2n) is 4.17. The van der Waals surface area contributed by atoms with E-state index in [0.717, 1.165) is 11.3 Å². The standard InChI is InChI=1S/C14H13IN2O2/c1-8-11(15)4-3-5-12(8)17-13-7-6-10(14(18)19)9(2)16-13/h3-7H,1-2H3,(H,16,17)(H,18,19). The lowest BCUT2D eigenvalue weighted by molar-refractivity contribution is 0.0695. The molecule has 0 aliphatic heterocycles. The summed E-state index contributed by atoms with van der Waals surface area (Å²) in [7, 11) is 0. The molecule has 0 aliphatic carbocycles. The van der Waals surface area contributed by atoms with Crippen molar-refractivity contribution < 1.29 is 9.90 Å². The van der Waals surface area contributed by atoms with Crippen molar-refractivity contribution in [2.24, 2.45) is 0 Å². The van der Waals surface area contributed by atoms with Crippen molar-refractivity contribution in [3.63, 3.8) is 0 Å². The van der Waals surface area contributed by atoms with Gasteiger partial charge in [0.25, 0.3) is 0 Å².